The van der Waals surface area contributed by atoms with Gasteiger partial charge < -0.3 is 20.1 Å². The van der Waals surface area contributed by atoms with Crippen molar-refractivity contribution in [2.45, 2.75) is 27.2 Å². The molecule has 0 radical (unpaired) electrons. The van der Waals surface area contributed by atoms with Crippen LogP contribution in [-0.2, 0) is 19.1 Å². The van der Waals surface area contributed by atoms with Crippen LogP contribution in [-0.4, -0.2) is 44.8 Å². The molecule has 0 amide bonds. The van der Waals surface area contributed by atoms with Gasteiger partial charge in [-0.2, -0.15) is 0 Å². The molecule has 0 fully saturated rings. The predicted molar refractivity (Wildman–Crippen MR) is 110 cm³/mol. The van der Waals surface area contributed by atoms with E-state index in [0.717, 1.165) is 25.2 Å². The molecule has 1 aromatic carbocycles. The van der Waals surface area contributed by atoms with E-state index in [1.165, 1.54) is 0 Å². The topological polar surface area (TPSA) is 76.7 Å². The first-order valence-corrected chi connectivity index (χ1v) is 9.03. The number of esters is 2. The van der Waals surface area contributed by atoms with Gasteiger partial charge in [0.05, 0.1) is 6.61 Å². The molecule has 0 saturated heterocycles. The molecule has 0 saturated carbocycles. The average Bonchev–Trinajstić information content (AvgIpc) is 2.66. The van der Waals surface area contributed by atoms with Crippen molar-refractivity contribution in [2.75, 3.05) is 38.2 Å². The summed E-state index contributed by atoms with van der Waals surface area (Å²) in [6.45, 7) is 15.6. The van der Waals surface area contributed by atoms with Gasteiger partial charge in [0.15, 0.2) is 0 Å². The van der Waals surface area contributed by atoms with Crippen molar-refractivity contribution in [2.24, 2.45) is 0 Å². The molecule has 0 atom stereocenters. The van der Waals surface area contributed by atoms with Gasteiger partial charge in [0.25, 0.3) is 0 Å². The molecule has 0 heterocycles. The molecule has 0 spiro atoms. The van der Waals surface area contributed by atoms with Crippen molar-refractivity contribution in [3.63, 3.8) is 0 Å². The highest BCUT2D eigenvalue weighted by atomic mass is 16.5. The molecule has 0 bridgehead atoms. The van der Waals surface area contributed by atoms with Crippen molar-refractivity contribution >= 4 is 17.6 Å². The zero-order valence-corrected chi connectivity index (χ0v) is 16.7. The number of hydrogen-bond donors (Lipinski definition) is 2. The summed E-state index contributed by atoms with van der Waals surface area (Å²) in [7, 11) is 0. The van der Waals surface area contributed by atoms with Crippen molar-refractivity contribution in [1.29, 1.82) is 0 Å². The summed E-state index contributed by atoms with van der Waals surface area (Å²) in [5, 5.41) is 6.27. The second-order valence-corrected chi connectivity index (χ2v) is 5.83. The van der Waals surface area contributed by atoms with Crippen LogP contribution in [0, 0.1) is 0 Å². The van der Waals surface area contributed by atoms with E-state index in [1.54, 1.807) is 13.8 Å². The molecular weight excluding hydrogens is 344 g/mol. The Bertz CT molecular complexity index is 585. The van der Waals surface area contributed by atoms with Crippen LogP contribution in [0.4, 0.5) is 5.69 Å². The summed E-state index contributed by atoms with van der Waals surface area (Å²) in [6.07, 6.45) is 0.854. The number of carbonyl (C=O) groups is 2. The van der Waals surface area contributed by atoms with E-state index in [0.29, 0.717) is 30.9 Å². The molecule has 1 aromatic rings. The summed E-state index contributed by atoms with van der Waals surface area (Å²) < 4.78 is 9.80. The lowest BCUT2D eigenvalue weighted by Crippen LogP contribution is -2.17. The Balaban J connectivity index is 0.000000516. The van der Waals surface area contributed by atoms with Gasteiger partial charge in [0, 0.05) is 23.4 Å². The number of carbonyl (C=O) groups excluding carboxylic acids is 2. The zero-order chi connectivity index (χ0) is 20.5. The van der Waals surface area contributed by atoms with Gasteiger partial charge in [-0.25, -0.2) is 9.59 Å². The Morgan fingerprint density at radius 2 is 1.48 bits per heavy atom. The Morgan fingerprint density at radius 3 is 2.00 bits per heavy atom. The second kappa shape index (κ2) is 15.6. The fourth-order valence-corrected chi connectivity index (χ4v) is 1.68. The summed E-state index contributed by atoms with van der Waals surface area (Å²) in [4.78, 5) is 21.8. The second-order valence-electron chi connectivity index (χ2n) is 5.83. The van der Waals surface area contributed by atoms with Crippen molar-refractivity contribution in [3.8, 4) is 0 Å². The Morgan fingerprint density at radius 1 is 0.926 bits per heavy atom. The molecule has 6 nitrogen and oxygen atoms in total. The van der Waals surface area contributed by atoms with Crippen molar-refractivity contribution < 1.29 is 19.1 Å². The van der Waals surface area contributed by atoms with Gasteiger partial charge in [0.1, 0.15) is 6.61 Å². The highest BCUT2D eigenvalue weighted by Gasteiger charge is 2.02. The number of ether oxygens (including phenoxy) is 2. The average molecular weight is 376 g/mol. The first kappa shape index (κ1) is 24.4. The Labute approximate surface area is 162 Å². The maximum absolute atomic E-state index is 11.0. The molecule has 0 aliphatic heterocycles. The molecule has 0 unspecified atom stereocenters. The number of hydrogen-bond acceptors (Lipinski definition) is 6. The van der Waals surface area contributed by atoms with Crippen LogP contribution in [0.2, 0.25) is 0 Å². The van der Waals surface area contributed by atoms with E-state index in [-0.39, 0.29) is 11.9 Å². The van der Waals surface area contributed by atoms with Crippen LogP contribution in [0.15, 0.2) is 54.6 Å². The number of anilines is 1. The minimum atomic E-state index is -0.343. The van der Waals surface area contributed by atoms with Gasteiger partial charge >= 0.3 is 11.9 Å². The fourth-order valence-electron chi connectivity index (χ4n) is 1.68. The van der Waals surface area contributed by atoms with Crippen molar-refractivity contribution in [1.82, 2.24) is 5.32 Å². The van der Waals surface area contributed by atoms with E-state index in [1.807, 2.05) is 37.3 Å². The van der Waals surface area contributed by atoms with E-state index in [4.69, 9.17) is 9.47 Å². The third-order valence-electron chi connectivity index (χ3n) is 3.12. The van der Waals surface area contributed by atoms with Crippen LogP contribution in [0.3, 0.4) is 0 Å². The van der Waals surface area contributed by atoms with Crippen LogP contribution >= 0.6 is 0 Å². The first-order valence-electron chi connectivity index (χ1n) is 9.03. The molecule has 6 heteroatoms. The van der Waals surface area contributed by atoms with Gasteiger partial charge in [-0.1, -0.05) is 38.3 Å². The Hall–Kier alpha value is -2.60. The van der Waals surface area contributed by atoms with E-state index in [9.17, 15) is 9.59 Å². The van der Waals surface area contributed by atoms with Crippen LogP contribution < -0.4 is 10.6 Å². The van der Waals surface area contributed by atoms with Crippen LogP contribution in [0.5, 0.6) is 0 Å². The summed E-state index contributed by atoms with van der Waals surface area (Å²) in [6, 6.07) is 9.76. The highest BCUT2D eigenvalue weighted by Crippen LogP contribution is 2.03. The third-order valence-corrected chi connectivity index (χ3v) is 3.12. The third kappa shape index (κ3) is 14.3. The number of para-hydroxylation sites is 1. The Kier molecular flexibility index (Phi) is 14.1. The van der Waals surface area contributed by atoms with Crippen LogP contribution in [0.1, 0.15) is 27.2 Å². The molecule has 2 N–H and O–H groups in total. The minimum absolute atomic E-state index is 0.300. The maximum atomic E-state index is 11.0. The summed E-state index contributed by atoms with van der Waals surface area (Å²) in [5.41, 5.74) is 1.90. The molecule has 0 aromatic heterocycles. The SMILES string of the molecule is C=C(C)C(=O)OCCCNCC.C=C(C)C(=O)OCCNc1ccccc1. The standard InChI is InChI=1S/C12H15NO2.C9H17NO2/c1-10(2)12(14)15-9-8-13-11-6-4-3-5-7-11;1-4-10-6-5-7-12-9(11)8(2)3/h3-7,13H,1,8-9H2,2H3;10H,2,4-7H2,1,3H3. The number of nitrogens with one attached hydrogen (secondary N) is 2. The van der Waals surface area contributed by atoms with E-state index < -0.39 is 0 Å². The minimum Gasteiger partial charge on any atom is -0.462 e. The molecule has 0 aliphatic carbocycles. The summed E-state index contributed by atoms with van der Waals surface area (Å²) in [5.74, 6) is -0.642. The smallest absolute Gasteiger partial charge is 0.333 e. The van der Waals surface area contributed by atoms with Gasteiger partial charge in [-0.15, -0.1) is 0 Å². The lowest BCUT2D eigenvalue weighted by atomic mass is 10.3. The first-order chi connectivity index (χ1) is 12.9. The molecule has 150 valence electrons. The highest BCUT2D eigenvalue weighted by molar-refractivity contribution is 5.87. The summed E-state index contributed by atoms with van der Waals surface area (Å²) >= 11 is 0. The van der Waals surface area contributed by atoms with E-state index in [2.05, 4.69) is 23.8 Å². The predicted octanol–water partition coefficient (Wildman–Crippen LogP) is 3.32. The molecule has 1 rings (SSSR count). The lowest BCUT2D eigenvalue weighted by molar-refractivity contribution is -0.139. The lowest BCUT2D eigenvalue weighted by Gasteiger charge is -2.06. The van der Waals surface area contributed by atoms with Gasteiger partial charge in [0.2, 0.25) is 0 Å². The quantitative estimate of drug-likeness (QED) is 0.350. The van der Waals surface area contributed by atoms with Crippen LogP contribution in [0.25, 0.3) is 0 Å². The normalized spacial score (nSPS) is 9.44. The number of benzene rings is 1. The van der Waals surface area contributed by atoms with Crippen molar-refractivity contribution in [3.05, 3.63) is 54.6 Å². The largest absolute Gasteiger partial charge is 0.462 e. The molecule has 0 aliphatic rings. The maximum Gasteiger partial charge on any atom is 0.333 e. The fraction of sp³-hybridized carbons (Fsp3) is 0.429. The molecular formula is C21H32N2O4. The van der Waals surface area contributed by atoms with E-state index >= 15 is 0 Å². The van der Waals surface area contributed by atoms with Gasteiger partial charge in [-0.05, 0) is 45.5 Å². The number of rotatable bonds is 11. The van der Waals surface area contributed by atoms with Gasteiger partial charge in [-0.3, -0.25) is 0 Å². The zero-order valence-electron chi connectivity index (χ0n) is 16.7. The molecule has 27 heavy (non-hydrogen) atoms. The monoisotopic (exact) mass is 376 g/mol.